The van der Waals surface area contributed by atoms with Crippen LogP contribution in [0.15, 0.2) is 30.6 Å². The number of rotatable bonds is 2. The normalized spacial score (nSPS) is 11.4. The van der Waals surface area contributed by atoms with E-state index < -0.39 is 11.4 Å². The van der Waals surface area contributed by atoms with Crippen molar-refractivity contribution in [2.75, 3.05) is 0 Å². The maximum atomic E-state index is 11.8. The topological polar surface area (TPSA) is 52.2 Å². The lowest BCUT2D eigenvalue weighted by Gasteiger charge is -2.12. The zero-order valence-corrected chi connectivity index (χ0v) is 12.1. The molecule has 2 aromatic rings. The fraction of sp³-hybridized carbons (Fsp3) is 0.385. The van der Waals surface area contributed by atoms with Crippen LogP contribution in [0.1, 0.15) is 19.4 Å². The third-order valence-electron chi connectivity index (χ3n) is 2.65. The summed E-state index contributed by atoms with van der Waals surface area (Å²) in [7, 11) is 0. The molecule has 0 amide bonds. The summed E-state index contributed by atoms with van der Waals surface area (Å²) in [6.45, 7) is 6.42. The SMILES string of the molecule is Cc1cc(Br)c2c(c1)c(=O)oc(=O)n2CC(C)C. The van der Waals surface area contributed by atoms with Gasteiger partial charge in [0, 0.05) is 11.0 Å². The molecule has 0 saturated carbocycles. The summed E-state index contributed by atoms with van der Waals surface area (Å²) in [6, 6.07) is 3.63. The van der Waals surface area contributed by atoms with Crippen LogP contribution in [-0.4, -0.2) is 4.57 Å². The molecular weight excluding hydrogens is 298 g/mol. The Morgan fingerprint density at radius 1 is 1.33 bits per heavy atom. The average Bonchev–Trinajstić information content (AvgIpc) is 2.23. The lowest BCUT2D eigenvalue weighted by Crippen LogP contribution is -2.27. The Morgan fingerprint density at radius 2 is 2.00 bits per heavy atom. The van der Waals surface area contributed by atoms with Gasteiger partial charge in [0.25, 0.3) is 0 Å². The molecular formula is C13H14BrNO3. The molecule has 96 valence electrons. The maximum Gasteiger partial charge on any atom is 0.422 e. The zero-order chi connectivity index (χ0) is 13.4. The van der Waals surface area contributed by atoms with E-state index in [0.717, 1.165) is 10.0 Å². The second kappa shape index (κ2) is 4.72. The molecule has 4 nitrogen and oxygen atoms in total. The van der Waals surface area contributed by atoms with Crippen LogP contribution < -0.4 is 11.4 Å². The van der Waals surface area contributed by atoms with Crippen LogP contribution in [0.5, 0.6) is 0 Å². The molecule has 0 atom stereocenters. The first kappa shape index (κ1) is 13.1. The van der Waals surface area contributed by atoms with E-state index in [1.165, 1.54) is 4.57 Å². The van der Waals surface area contributed by atoms with E-state index >= 15 is 0 Å². The van der Waals surface area contributed by atoms with Crippen LogP contribution in [0.2, 0.25) is 0 Å². The second-order valence-corrected chi connectivity index (χ2v) is 5.66. The highest BCUT2D eigenvalue weighted by atomic mass is 79.9. The van der Waals surface area contributed by atoms with Crippen molar-refractivity contribution in [2.45, 2.75) is 27.3 Å². The Bertz CT molecular complexity index is 712. The van der Waals surface area contributed by atoms with E-state index in [9.17, 15) is 9.59 Å². The van der Waals surface area contributed by atoms with Crippen LogP contribution in [-0.2, 0) is 6.54 Å². The van der Waals surface area contributed by atoms with Crippen molar-refractivity contribution in [3.05, 3.63) is 43.1 Å². The second-order valence-electron chi connectivity index (χ2n) is 4.80. The van der Waals surface area contributed by atoms with Gasteiger partial charge in [-0.3, -0.25) is 4.57 Å². The Morgan fingerprint density at radius 3 is 2.61 bits per heavy atom. The fourth-order valence-corrected chi connectivity index (χ4v) is 2.76. The van der Waals surface area contributed by atoms with Crippen molar-refractivity contribution in [1.82, 2.24) is 4.57 Å². The molecule has 2 rings (SSSR count). The average molecular weight is 312 g/mol. The van der Waals surface area contributed by atoms with E-state index in [0.29, 0.717) is 17.4 Å². The van der Waals surface area contributed by atoms with Crippen LogP contribution in [0.4, 0.5) is 0 Å². The molecule has 1 aromatic heterocycles. The first-order chi connectivity index (χ1) is 8.40. The standard InChI is InChI=1S/C13H14BrNO3/c1-7(2)6-15-11-9(12(16)18-13(15)17)4-8(3)5-10(11)14/h4-5,7H,6H2,1-3H3. The molecule has 0 N–H and O–H groups in total. The quantitative estimate of drug-likeness (QED) is 0.857. The Labute approximate surface area is 112 Å². The van der Waals surface area contributed by atoms with E-state index in [-0.39, 0.29) is 5.92 Å². The molecule has 0 saturated heterocycles. The highest BCUT2D eigenvalue weighted by Crippen LogP contribution is 2.23. The number of aromatic nitrogens is 1. The molecule has 0 spiro atoms. The van der Waals surface area contributed by atoms with Gasteiger partial charge in [0.05, 0.1) is 10.9 Å². The van der Waals surface area contributed by atoms with Gasteiger partial charge < -0.3 is 4.42 Å². The van der Waals surface area contributed by atoms with Gasteiger partial charge in [0.15, 0.2) is 0 Å². The Kier molecular flexibility index (Phi) is 3.43. The van der Waals surface area contributed by atoms with E-state index in [1.54, 1.807) is 6.07 Å². The Balaban J connectivity index is 2.93. The van der Waals surface area contributed by atoms with Gasteiger partial charge in [-0.05, 0) is 46.5 Å². The van der Waals surface area contributed by atoms with E-state index in [1.807, 2.05) is 26.8 Å². The van der Waals surface area contributed by atoms with E-state index in [2.05, 4.69) is 15.9 Å². The van der Waals surface area contributed by atoms with Crippen LogP contribution >= 0.6 is 15.9 Å². The van der Waals surface area contributed by atoms with Crippen molar-refractivity contribution in [1.29, 1.82) is 0 Å². The third-order valence-corrected chi connectivity index (χ3v) is 3.25. The maximum absolute atomic E-state index is 11.8. The zero-order valence-electron chi connectivity index (χ0n) is 10.5. The van der Waals surface area contributed by atoms with Crippen molar-refractivity contribution in [3.8, 4) is 0 Å². The lowest BCUT2D eigenvalue weighted by molar-refractivity contribution is 0.392. The molecule has 0 aliphatic carbocycles. The summed E-state index contributed by atoms with van der Waals surface area (Å²) in [6.07, 6.45) is 0. The van der Waals surface area contributed by atoms with Crippen molar-refractivity contribution < 1.29 is 4.42 Å². The molecule has 0 fully saturated rings. The molecule has 0 unspecified atom stereocenters. The number of benzene rings is 1. The number of nitrogens with zero attached hydrogens (tertiary/aromatic N) is 1. The fourth-order valence-electron chi connectivity index (χ4n) is 1.98. The first-order valence-corrected chi connectivity index (χ1v) is 6.53. The Hall–Kier alpha value is -1.36. The minimum Gasteiger partial charge on any atom is -0.372 e. The molecule has 0 aliphatic rings. The summed E-state index contributed by atoms with van der Waals surface area (Å²) >= 11 is 3.42. The summed E-state index contributed by atoms with van der Waals surface area (Å²) < 4.78 is 7.01. The van der Waals surface area contributed by atoms with Crippen molar-refractivity contribution in [2.24, 2.45) is 5.92 Å². The summed E-state index contributed by atoms with van der Waals surface area (Å²) in [5.41, 5.74) is 0.964. The molecule has 1 heterocycles. The molecule has 1 aromatic carbocycles. The number of halogens is 1. The van der Waals surface area contributed by atoms with Gasteiger partial charge in [0.2, 0.25) is 0 Å². The number of hydrogen-bond acceptors (Lipinski definition) is 3. The van der Waals surface area contributed by atoms with Gasteiger partial charge in [0.1, 0.15) is 0 Å². The first-order valence-electron chi connectivity index (χ1n) is 5.74. The molecule has 0 bridgehead atoms. The third kappa shape index (κ3) is 2.27. The van der Waals surface area contributed by atoms with Crippen LogP contribution in [0, 0.1) is 12.8 Å². The number of aryl methyl sites for hydroxylation is 1. The van der Waals surface area contributed by atoms with Gasteiger partial charge in [-0.25, -0.2) is 9.59 Å². The van der Waals surface area contributed by atoms with Gasteiger partial charge in [-0.2, -0.15) is 0 Å². The predicted octanol–water partition coefficient (Wildman–Crippen LogP) is 2.68. The monoisotopic (exact) mass is 311 g/mol. The van der Waals surface area contributed by atoms with E-state index in [4.69, 9.17) is 4.42 Å². The molecule has 0 radical (unpaired) electrons. The molecule has 5 heteroatoms. The molecule has 0 aliphatic heterocycles. The number of hydrogen-bond donors (Lipinski definition) is 0. The van der Waals surface area contributed by atoms with Crippen molar-refractivity contribution >= 4 is 26.8 Å². The van der Waals surface area contributed by atoms with Crippen LogP contribution in [0.25, 0.3) is 10.9 Å². The highest BCUT2D eigenvalue weighted by Gasteiger charge is 2.13. The van der Waals surface area contributed by atoms with Crippen LogP contribution in [0.3, 0.4) is 0 Å². The minimum absolute atomic E-state index is 0.284. The summed E-state index contributed by atoms with van der Waals surface area (Å²) in [5, 5.41) is 0.433. The minimum atomic E-state index is -0.606. The highest BCUT2D eigenvalue weighted by molar-refractivity contribution is 9.10. The number of fused-ring (bicyclic) bond motifs is 1. The lowest BCUT2D eigenvalue weighted by atomic mass is 10.1. The van der Waals surface area contributed by atoms with Crippen molar-refractivity contribution in [3.63, 3.8) is 0 Å². The largest absolute Gasteiger partial charge is 0.422 e. The van der Waals surface area contributed by atoms with Gasteiger partial charge in [-0.15, -0.1) is 0 Å². The summed E-state index contributed by atoms with van der Waals surface area (Å²) in [4.78, 5) is 23.5. The van der Waals surface area contributed by atoms with Gasteiger partial charge >= 0.3 is 11.4 Å². The smallest absolute Gasteiger partial charge is 0.372 e. The summed E-state index contributed by atoms with van der Waals surface area (Å²) in [5.74, 6) is -0.322. The molecule has 18 heavy (non-hydrogen) atoms. The predicted molar refractivity (Wildman–Crippen MR) is 74.0 cm³/mol. The van der Waals surface area contributed by atoms with Gasteiger partial charge in [-0.1, -0.05) is 13.8 Å².